The lowest BCUT2D eigenvalue weighted by Crippen LogP contribution is -2.05. The quantitative estimate of drug-likeness (QED) is 0.785. The number of nitriles is 1. The van der Waals surface area contributed by atoms with E-state index in [0.29, 0.717) is 25.9 Å². The van der Waals surface area contributed by atoms with Crippen LogP contribution in [0.1, 0.15) is 24.5 Å². The molecule has 0 saturated carbocycles. The summed E-state index contributed by atoms with van der Waals surface area (Å²) in [7, 11) is 0. The monoisotopic (exact) mass is 295 g/mol. The van der Waals surface area contributed by atoms with Crippen LogP contribution in [0.4, 0.5) is 0 Å². The van der Waals surface area contributed by atoms with E-state index in [1.54, 1.807) is 6.92 Å². The Morgan fingerprint density at radius 3 is 2.76 bits per heavy atom. The third-order valence-corrected chi connectivity index (χ3v) is 2.68. The van der Waals surface area contributed by atoms with Crippen LogP contribution in [0.3, 0.4) is 0 Å². The molecular formula is C13H14BrNO2. The van der Waals surface area contributed by atoms with Crippen molar-refractivity contribution in [1.29, 1.82) is 5.26 Å². The summed E-state index contributed by atoms with van der Waals surface area (Å²) in [5.41, 5.74) is 2.00. The molecule has 0 saturated heterocycles. The van der Waals surface area contributed by atoms with Crippen molar-refractivity contribution in [2.24, 2.45) is 0 Å². The van der Waals surface area contributed by atoms with Gasteiger partial charge < -0.3 is 4.74 Å². The van der Waals surface area contributed by atoms with Crippen LogP contribution >= 0.6 is 15.9 Å². The zero-order valence-corrected chi connectivity index (χ0v) is 11.3. The summed E-state index contributed by atoms with van der Waals surface area (Å²) in [6.45, 7) is 2.21. The number of hydrogen-bond donors (Lipinski definition) is 0. The number of aryl methyl sites for hydroxylation is 1. The third kappa shape index (κ3) is 5.01. The molecule has 3 nitrogen and oxygen atoms in total. The van der Waals surface area contributed by atoms with Crippen LogP contribution in [0.5, 0.6) is 0 Å². The van der Waals surface area contributed by atoms with E-state index in [0.717, 1.165) is 15.6 Å². The molecule has 0 heterocycles. The predicted molar refractivity (Wildman–Crippen MR) is 68.4 cm³/mol. The van der Waals surface area contributed by atoms with Gasteiger partial charge in [-0.1, -0.05) is 22.0 Å². The van der Waals surface area contributed by atoms with E-state index in [-0.39, 0.29) is 5.97 Å². The molecule has 90 valence electrons. The molecule has 0 aliphatic rings. The van der Waals surface area contributed by atoms with Crippen LogP contribution < -0.4 is 0 Å². The average Bonchev–Trinajstić information content (AvgIpc) is 2.26. The number of nitrogens with zero attached hydrogens (tertiary/aromatic N) is 1. The van der Waals surface area contributed by atoms with Gasteiger partial charge in [0.2, 0.25) is 0 Å². The van der Waals surface area contributed by atoms with Gasteiger partial charge in [-0.05, 0) is 36.6 Å². The maximum atomic E-state index is 11.2. The summed E-state index contributed by atoms with van der Waals surface area (Å²) in [5, 5.41) is 8.65. The van der Waals surface area contributed by atoms with E-state index < -0.39 is 0 Å². The molecule has 0 atom stereocenters. The highest BCUT2D eigenvalue weighted by molar-refractivity contribution is 9.10. The molecular weight excluding hydrogens is 282 g/mol. The first kappa shape index (κ1) is 13.7. The Kier molecular flexibility index (Phi) is 5.71. The Bertz CT molecular complexity index is 438. The summed E-state index contributed by atoms with van der Waals surface area (Å²) in [6.07, 6.45) is 1.39. The van der Waals surface area contributed by atoms with Gasteiger partial charge >= 0.3 is 5.97 Å². The molecule has 0 aliphatic heterocycles. The Morgan fingerprint density at radius 1 is 1.41 bits per heavy atom. The van der Waals surface area contributed by atoms with Crippen molar-refractivity contribution < 1.29 is 9.53 Å². The molecule has 1 rings (SSSR count). The Hall–Kier alpha value is -1.34. The standard InChI is InChI=1S/C13H14BrNO2/c1-2-17-13(16)4-3-10-7-11(5-6-15)9-12(14)8-10/h7-9H,2-5H2,1H3. The lowest BCUT2D eigenvalue weighted by atomic mass is 10.1. The van der Waals surface area contributed by atoms with Crippen LogP contribution in [0.15, 0.2) is 22.7 Å². The molecule has 0 aromatic heterocycles. The van der Waals surface area contributed by atoms with Crippen LogP contribution in [0.2, 0.25) is 0 Å². The second-order valence-electron chi connectivity index (χ2n) is 3.61. The van der Waals surface area contributed by atoms with Crippen molar-refractivity contribution in [2.45, 2.75) is 26.2 Å². The molecule has 1 aromatic carbocycles. The topological polar surface area (TPSA) is 50.1 Å². The number of esters is 1. The summed E-state index contributed by atoms with van der Waals surface area (Å²) in [4.78, 5) is 11.2. The SMILES string of the molecule is CCOC(=O)CCc1cc(Br)cc(CC#N)c1. The smallest absolute Gasteiger partial charge is 0.306 e. The fourth-order valence-electron chi connectivity index (χ4n) is 1.53. The van der Waals surface area contributed by atoms with Gasteiger partial charge in [-0.2, -0.15) is 5.26 Å². The molecule has 0 unspecified atom stereocenters. The van der Waals surface area contributed by atoms with Gasteiger partial charge in [0.25, 0.3) is 0 Å². The van der Waals surface area contributed by atoms with Crippen LogP contribution in [0, 0.1) is 11.3 Å². The molecule has 0 amide bonds. The molecule has 0 spiro atoms. The number of benzene rings is 1. The lowest BCUT2D eigenvalue weighted by Gasteiger charge is -2.05. The molecule has 0 aliphatic carbocycles. The summed E-state index contributed by atoms with van der Waals surface area (Å²) < 4.78 is 5.80. The first-order valence-electron chi connectivity index (χ1n) is 5.46. The fourth-order valence-corrected chi connectivity index (χ4v) is 2.12. The summed E-state index contributed by atoms with van der Waals surface area (Å²) in [6, 6.07) is 7.93. The maximum Gasteiger partial charge on any atom is 0.306 e. The van der Waals surface area contributed by atoms with E-state index in [1.807, 2.05) is 18.2 Å². The van der Waals surface area contributed by atoms with Gasteiger partial charge in [0.15, 0.2) is 0 Å². The number of carbonyl (C=O) groups excluding carboxylic acids is 1. The van der Waals surface area contributed by atoms with Gasteiger partial charge in [0, 0.05) is 10.9 Å². The van der Waals surface area contributed by atoms with Crippen LogP contribution in [-0.2, 0) is 22.4 Å². The number of halogens is 1. The van der Waals surface area contributed by atoms with Gasteiger partial charge in [-0.25, -0.2) is 0 Å². The molecule has 17 heavy (non-hydrogen) atoms. The Labute approximate surface area is 110 Å². The van der Waals surface area contributed by atoms with E-state index in [2.05, 4.69) is 22.0 Å². The minimum atomic E-state index is -0.186. The second-order valence-corrected chi connectivity index (χ2v) is 4.52. The van der Waals surface area contributed by atoms with Crippen molar-refractivity contribution in [3.8, 4) is 6.07 Å². The second kappa shape index (κ2) is 7.08. The lowest BCUT2D eigenvalue weighted by molar-refractivity contribution is -0.143. The van der Waals surface area contributed by atoms with Gasteiger partial charge in [-0.3, -0.25) is 4.79 Å². The van der Waals surface area contributed by atoms with Gasteiger partial charge in [-0.15, -0.1) is 0 Å². The van der Waals surface area contributed by atoms with Crippen molar-refractivity contribution in [3.63, 3.8) is 0 Å². The number of rotatable bonds is 5. The Balaban J connectivity index is 2.65. The van der Waals surface area contributed by atoms with Crippen LogP contribution in [0.25, 0.3) is 0 Å². The minimum absolute atomic E-state index is 0.186. The number of carbonyl (C=O) groups is 1. The molecule has 0 radical (unpaired) electrons. The highest BCUT2D eigenvalue weighted by atomic mass is 79.9. The van der Waals surface area contributed by atoms with E-state index >= 15 is 0 Å². The van der Waals surface area contributed by atoms with Crippen LogP contribution in [-0.4, -0.2) is 12.6 Å². The first-order chi connectivity index (χ1) is 8.15. The van der Waals surface area contributed by atoms with Crippen molar-refractivity contribution in [3.05, 3.63) is 33.8 Å². The Morgan fingerprint density at radius 2 is 2.12 bits per heavy atom. The van der Waals surface area contributed by atoms with Crippen molar-refractivity contribution in [2.75, 3.05) is 6.61 Å². The molecule has 4 heteroatoms. The zero-order valence-electron chi connectivity index (χ0n) is 9.70. The van der Waals surface area contributed by atoms with E-state index in [1.165, 1.54) is 0 Å². The first-order valence-corrected chi connectivity index (χ1v) is 6.26. The predicted octanol–water partition coefficient (Wildman–Crippen LogP) is 3.01. The molecule has 1 aromatic rings. The van der Waals surface area contributed by atoms with Crippen molar-refractivity contribution >= 4 is 21.9 Å². The van der Waals surface area contributed by atoms with E-state index in [4.69, 9.17) is 10.00 Å². The highest BCUT2D eigenvalue weighted by Crippen LogP contribution is 2.17. The summed E-state index contributed by atoms with van der Waals surface area (Å²) >= 11 is 3.40. The number of hydrogen-bond acceptors (Lipinski definition) is 3. The maximum absolute atomic E-state index is 11.2. The van der Waals surface area contributed by atoms with E-state index in [9.17, 15) is 4.79 Å². The van der Waals surface area contributed by atoms with Crippen molar-refractivity contribution in [1.82, 2.24) is 0 Å². The summed E-state index contributed by atoms with van der Waals surface area (Å²) in [5.74, 6) is -0.186. The third-order valence-electron chi connectivity index (χ3n) is 2.22. The largest absolute Gasteiger partial charge is 0.466 e. The normalized spacial score (nSPS) is 9.71. The number of ether oxygens (including phenoxy) is 1. The zero-order chi connectivity index (χ0) is 12.7. The highest BCUT2D eigenvalue weighted by Gasteiger charge is 2.04. The van der Waals surface area contributed by atoms with Gasteiger partial charge in [0.05, 0.1) is 19.1 Å². The molecule has 0 N–H and O–H groups in total. The fraction of sp³-hybridized carbons (Fsp3) is 0.385. The van der Waals surface area contributed by atoms with Gasteiger partial charge in [0.1, 0.15) is 0 Å². The molecule has 0 bridgehead atoms. The minimum Gasteiger partial charge on any atom is -0.466 e. The average molecular weight is 296 g/mol. The molecule has 0 fully saturated rings.